The van der Waals surface area contributed by atoms with Crippen LogP contribution in [0.2, 0.25) is 0 Å². The maximum Gasteiger partial charge on any atom is 0.262 e. The van der Waals surface area contributed by atoms with Gasteiger partial charge in [0.1, 0.15) is 17.4 Å². The molecular formula is C40H42N10O6. The molecule has 4 aliphatic rings. The van der Waals surface area contributed by atoms with Gasteiger partial charge >= 0.3 is 0 Å². The second-order valence-electron chi connectivity index (χ2n) is 15.3. The van der Waals surface area contributed by atoms with Crippen molar-refractivity contribution in [2.75, 3.05) is 50.1 Å². The van der Waals surface area contributed by atoms with E-state index in [9.17, 15) is 24.0 Å². The van der Waals surface area contributed by atoms with E-state index in [0.717, 1.165) is 85.5 Å². The Balaban J connectivity index is 0.785. The van der Waals surface area contributed by atoms with E-state index >= 15 is 0 Å². The quantitative estimate of drug-likeness (QED) is 0.221. The normalized spacial score (nSPS) is 19.9. The fourth-order valence-corrected chi connectivity index (χ4v) is 8.60. The van der Waals surface area contributed by atoms with Gasteiger partial charge in [0.05, 0.1) is 41.7 Å². The molecule has 56 heavy (non-hydrogen) atoms. The van der Waals surface area contributed by atoms with Gasteiger partial charge in [0, 0.05) is 74.9 Å². The summed E-state index contributed by atoms with van der Waals surface area (Å²) in [5.41, 5.74) is 4.65. The first-order valence-electron chi connectivity index (χ1n) is 19.1. The molecule has 7 heterocycles. The molecule has 2 N–H and O–H groups in total. The number of benzene rings is 2. The maximum atomic E-state index is 13.3. The van der Waals surface area contributed by atoms with Crippen LogP contribution in [0.1, 0.15) is 81.2 Å². The molecule has 0 aliphatic carbocycles. The van der Waals surface area contributed by atoms with Gasteiger partial charge in [-0.1, -0.05) is 0 Å². The Bertz CT molecular complexity index is 2420. The lowest BCUT2D eigenvalue weighted by Gasteiger charge is -2.38. The van der Waals surface area contributed by atoms with E-state index in [1.54, 1.807) is 30.0 Å². The summed E-state index contributed by atoms with van der Waals surface area (Å²) in [5.74, 6) is -1.21. The Kier molecular flexibility index (Phi) is 8.99. The van der Waals surface area contributed by atoms with E-state index in [1.165, 1.54) is 6.20 Å². The van der Waals surface area contributed by atoms with Crippen molar-refractivity contribution in [2.45, 2.75) is 57.5 Å². The number of fused-ring (bicyclic) bond motifs is 3. The summed E-state index contributed by atoms with van der Waals surface area (Å²) >= 11 is 0. The molecule has 9 rings (SSSR count). The number of carbonyl (C=O) groups excluding carboxylic acids is 5. The van der Waals surface area contributed by atoms with Crippen molar-refractivity contribution in [3.63, 3.8) is 0 Å². The number of methoxy groups -OCH3 is 1. The third kappa shape index (κ3) is 6.42. The van der Waals surface area contributed by atoms with E-state index in [1.807, 2.05) is 31.3 Å². The van der Waals surface area contributed by atoms with Crippen LogP contribution >= 0.6 is 0 Å². The molecule has 0 bridgehead atoms. The SMILES string of the molecule is COc1cc2nn(C3CCN(CC4CCN(c5ccc6c(c5)C(=O)N(C5CCC(=O)NC5=O)C6=O)CC4)CC3)cc2cc1NC(=O)c1cnn2cc(C)cnc12. The first-order valence-corrected chi connectivity index (χ1v) is 19.1. The van der Waals surface area contributed by atoms with Crippen LogP contribution < -0.4 is 20.3 Å². The Hall–Kier alpha value is -6.16. The van der Waals surface area contributed by atoms with Crippen LogP contribution in [0.15, 0.2) is 55.1 Å². The van der Waals surface area contributed by atoms with Crippen LogP contribution in [0, 0.1) is 12.8 Å². The van der Waals surface area contributed by atoms with Gasteiger partial charge in [-0.25, -0.2) is 9.50 Å². The van der Waals surface area contributed by atoms with Crippen molar-refractivity contribution in [3.05, 3.63) is 77.4 Å². The highest BCUT2D eigenvalue weighted by Crippen LogP contribution is 2.35. The number of aromatic nitrogens is 5. The molecule has 16 heteroatoms. The first kappa shape index (κ1) is 35.5. The van der Waals surface area contributed by atoms with Crippen LogP contribution in [-0.4, -0.2) is 110 Å². The molecule has 288 valence electrons. The summed E-state index contributed by atoms with van der Waals surface area (Å²) in [6.07, 6.45) is 11.3. The van der Waals surface area contributed by atoms with Gasteiger partial charge in [0.15, 0.2) is 5.65 Å². The van der Waals surface area contributed by atoms with Crippen LogP contribution in [-0.2, 0) is 9.59 Å². The second-order valence-corrected chi connectivity index (χ2v) is 15.3. The second kappa shape index (κ2) is 14.2. The minimum absolute atomic E-state index is 0.0924. The van der Waals surface area contributed by atoms with E-state index in [0.29, 0.717) is 39.7 Å². The summed E-state index contributed by atoms with van der Waals surface area (Å²) < 4.78 is 9.30. The summed E-state index contributed by atoms with van der Waals surface area (Å²) in [6.45, 7) is 6.60. The highest BCUT2D eigenvalue weighted by Gasteiger charge is 2.45. The standard InChI is InChI=1S/C40H42N10O6/c1-23-18-41-36-30(19-42-49(36)20-23)37(52)43-32-15-25-22-48(45-31(25)17-34(32)56-2)26-9-11-46(12-10-26)21-24-7-13-47(14-8-24)27-3-4-28-29(16-27)40(55)50(39(28)54)33-5-6-35(51)44-38(33)53/h3-4,15-20,22,24,26,33H,5-14,21H2,1-2H3,(H,43,52)(H,44,51,53). The predicted octanol–water partition coefficient (Wildman–Crippen LogP) is 3.60. The predicted molar refractivity (Wildman–Crippen MR) is 205 cm³/mol. The summed E-state index contributed by atoms with van der Waals surface area (Å²) in [6, 6.07) is 8.40. The zero-order chi connectivity index (χ0) is 38.7. The minimum atomic E-state index is -0.972. The van der Waals surface area contributed by atoms with Gasteiger partial charge in [-0.3, -0.25) is 38.9 Å². The van der Waals surface area contributed by atoms with E-state index in [2.05, 4.69) is 41.4 Å². The van der Waals surface area contributed by atoms with Gasteiger partial charge in [0.25, 0.3) is 17.7 Å². The molecule has 0 spiro atoms. The van der Waals surface area contributed by atoms with Crippen molar-refractivity contribution >= 4 is 57.5 Å². The molecule has 1 unspecified atom stereocenters. The number of likely N-dealkylation sites (tertiary alicyclic amines) is 1. The lowest BCUT2D eigenvalue weighted by molar-refractivity contribution is -0.136. The number of aryl methyl sites for hydroxylation is 1. The van der Waals surface area contributed by atoms with Gasteiger partial charge in [-0.15, -0.1) is 0 Å². The van der Waals surface area contributed by atoms with Gasteiger partial charge in [0.2, 0.25) is 11.8 Å². The zero-order valence-electron chi connectivity index (χ0n) is 31.2. The van der Waals surface area contributed by atoms with E-state index in [4.69, 9.17) is 9.84 Å². The smallest absolute Gasteiger partial charge is 0.262 e. The van der Waals surface area contributed by atoms with Gasteiger partial charge < -0.3 is 19.9 Å². The topological polar surface area (TPSA) is 176 Å². The molecule has 3 aromatic heterocycles. The van der Waals surface area contributed by atoms with Crippen LogP contribution in [0.3, 0.4) is 0 Å². The number of nitrogens with one attached hydrogen (secondary N) is 2. The van der Waals surface area contributed by atoms with Crippen LogP contribution in [0.25, 0.3) is 16.6 Å². The fourth-order valence-electron chi connectivity index (χ4n) is 8.60. The highest BCUT2D eigenvalue weighted by molar-refractivity contribution is 6.23. The van der Waals surface area contributed by atoms with Crippen molar-refractivity contribution in [3.8, 4) is 5.75 Å². The molecule has 4 aliphatic heterocycles. The van der Waals surface area contributed by atoms with Gasteiger partial charge in [-0.05, 0) is 74.8 Å². The molecule has 5 aromatic rings. The molecule has 3 fully saturated rings. The number of hydrogen-bond donors (Lipinski definition) is 2. The van der Waals surface area contributed by atoms with Gasteiger partial charge in [-0.2, -0.15) is 10.2 Å². The molecule has 2 aromatic carbocycles. The van der Waals surface area contributed by atoms with Crippen molar-refractivity contribution in [1.29, 1.82) is 0 Å². The summed E-state index contributed by atoms with van der Waals surface area (Å²) in [5, 5.41) is 15.3. The average molecular weight is 759 g/mol. The molecule has 16 nitrogen and oxygen atoms in total. The highest BCUT2D eigenvalue weighted by atomic mass is 16.5. The Morgan fingerprint density at radius 1 is 0.929 bits per heavy atom. The average Bonchev–Trinajstić information content (AvgIpc) is 3.88. The Labute approximate surface area is 321 Å². The molecule has 1 atom stereocenters. The third-order valence-corrected chi connectivity index (χ3v) is 11.7. The number of ether oxygens (including phenoxy) is 1. The minimum Gasteiger partial charge on any atom is -0.494 e. The molecule has 0 saturated carbocycles. The monoisotopic (exact) mass is 758 g/mol. The van der Waals surface area contributed by atoms with Crippen LogP contribution in [0.4, 0.5) is 11.4 Å². The summed E-state index contributed by atoms with van der Waals surface area (Å²) in [7, 11) is 1.57. The summed E-state index contributed by atoms with van der Waals surface area (Å²) in [4.78, 5) is 74.0. The molecule has 5 amide bonds. The lowest BCUT2D eigenvalue weighted by atomic mass is 9.94. The lowest BCUT2D eigenvalue weighted by Crippen LogP contribution is -2.54. The number of anilines is 2. The zero-order valence-corrected chi connectivity index (χ0v) is 31.2. The van der Waals surface area contributed by atoms with E-state index in [-0.39, 0.29) is 24.8 Å². The molecular weight excluding hydrogens is 717 g/mol. The number of carbonyl (C=O) groups is 5. The maximum absolute atomic E-state index is 13.3. The first-order chi connectivity index (χ1) is 27.1. The van der Waals surface area contributed by atoms with Crippen molar-refractivity contribution in [1.82, 2.24) is 39.5 Å². The third-order valence-electron chi connectivity index (χ3n) is 11.7. The molecule has 0 radical (unpaired) electrons. The number of imide groups is 2. The number of amides is 5. The van der Waals surface area contributed by atoms with Crippen molar-refractivity contribution < 1.29 is 28.7 Å². The van der Waals surface area contributed by atoms with E-state index < -0.39 is 29.7 Å². The van der Waals surface area contributed by atoms with Crippen LogP contribution in [0.5, 0.6) is 5.75 Å². The molecule has 3 saturated heterocycles. The number of piperidine rings is 3. The van der Waals surface area contributed by atoms with Crippen molar-refractivity contribution in [2.24, 2.45) is 5.92 Å². The number of hydrogen-bond acceptors (Lipinski definition) is 11. The largest absolute Gasteiger partial charge is 0.494 e. The fraction of sp³-hybridized carbons (Fsp3) is 0.400. The number of rotatable bonds is 8. The Morgan fingerprint density at radius 2 is 1.71 bits per heavy atom. The number of nitrogens with zero attached hydrogens (tertiary/aromatic N) is 8. The Morgan fingerprint density at radius 3 is 2.48 bits per heavy atom.